The Labute approximate surface area is 206 Å². The molecule has 1 amide bonds. The van der Waals surface area contributed by atoms with E-state index in [-0.39, 0.29) is 41.8 Å². The van der Waals surface area contributed by atoms with Crippen LogP contribution in [-0.4, -0.2) is 29.5 Å². The number of nitrogens with one attached hydrogen (secondary N) is 1. The zero-order valence-electron chi connectivity index (χ0n) is 18.9. The first kappa shape index (κ1) is 23.9. The molecule has 35 heavy (non-hydrogen) atoms. The van der Waals surface area contributed by atoms with Crippen LogP contribution in [-0.2, 0) is 6.61 Å². The summed E-state index contributed by atoms with van der Waals surface area (Å²) in [6, 6.07) is 22.1. The largest absolute Gasteiger partial charge is 0.493 e. The number of carbonyl (C=O) groups excluding carboxylic acids is 1. The Kier molecular flexibility index (Phi) is 7.69. The van der Waals surface area contributed by atoms with Crippen molar-refractivity contribution in [3.05, 3.63) is 116 Å². The summed E-state index contributed by atoms with van der Waals surface area (Å²) >= 11 is 1.42. The second-order valence-corrected chi connectivity index (χ2v) is 8.35. The Morgan fingerprint density at radius 2 is 1.71 bits per heavy atom. The van der Waals surface area contributed by atoms with Gasteiger partial charge in [0.15, 0.2) is 11.5 Å². The highest BCUT2D eigenvalue weighted by Crippen LogP contribution is 2.35. The summed E-state index contributed by atoms with van der Waals surface area (Å²) in [5.74, 6) is -0.310. The lowest BCUT2D eigenvalue weighted by molar-refractivity contribution is -0.385. The van der Waals surface area contributed by atoms with Crippen molar-refractivity contribution < 1.29 is 19.2 Å². The molecule has 9 heteroatoms. The minimum Gasteiger partial charge on any atom is -0.493 e. The molecule has 8 nitrogen and oxygen atoms in total. The molecule has 0 atom stereocenters. The fourth-order valence-electron chi connectivity index (χ4n) is 3.70. The van der Waals surface area contributed by atoms with E-state index < -0.39 is 10.8 Å². The summed E-state index contributed by atoms with van der Waals surface area (Å²) in [6.45, 7) is 0.382. The molecule has 0 aliphatic rings. The molecular formula is C26H23N3O5S. The van der Waals surface area contributed by atoms with Crippen LogP contribution in [0.4, 0.5) is 5.69 Å². The van der Waals surface area contributed by atoms with Gasteiger partial charge >= 0.3 is 0 Å². The number of nitrogens with zero attached hydrogens (tertiary/aromatic N) is 2. The lowest BCUT2D eigenvalue weighted by Gasteiger charge is -2.19. The summed E-state index contributed by atoms with van der Waals surface area (Å²) in [5.41, 5.74) is 3.94. The fourth-order valence-corrected chi connectivity index (χ4v) is 4.25. The Morgan fingerprint density at radius 3 is 2.26 bits per heavy atom. The fraction of sp³-hybridized carbons (Fsp3) is 0.154. The van der Waals surface area contributed by atoms with E-state index in [4.69, 9.17) is 9.47 Å². The summed E-state index contributed by atoms with van der Waals surface area (Å²) in [5, 5.41) is 16.5. The third-order valence-corrected chi connectivity index (χ3v) is 6.09. The zero-order chi connectivity index (χ0) is 24.6. The maximum atomic E-state index is 13.1. The van der Waals surface area contributed by atoms with Gasteiger partial charge in [-0.1, -0.05) is 60.7 Å². The summed E-state index contributed by atoms with van der Waals surface area (Å²) in [7, 11) is 1.42. The molecule has 0 spiro atoms. The first-order valence-corrected chi connectivity index (χ1v) is 11.8. The highest BCUT2D eigenvalue weighted by molar-refractivity contribution is 7.07. The Balaban J connectivity index is 1.58. The number of carbonyl (C=O) groups is 1. The lowest BCUT2D eigenvalue weighted by atomic mass is 9.91. The molecule has 0 fully saturated rings. The molecule has 0 radical (unpaired) electrons. The molecule has 1 N–H and O–H groups in total. The minimum absolute atomic E-state index is 0.104. The van der Waals surface area contributed by atoms with Crippen LogP contribution in [0.5, 0.6) is 11.5 Å². The smallest absolute Gasteiger partial charge is 0.286 e. The Bertz CT molecular complexity index is 1240. The predicted molar refractivity (Wildman–Crippen MR) is 133 cm³/mol. The van der Waals surface area contributed by atoms with Crippen molar-refractivity contribution in [1.82, 2.24) is 10.3 Å². The molecule has 0 unspecified atom stereocenters. The second kappa shape index (κ2) is 11.3. The van der Waals surface area contributed by atoms with Gasteiger partial charge in [-0.25, -0.2) is 4.98 Å². The van der Waals surface area contributed by atoms with Crippen molar-refractivity contribution in [2.75, 3.05) is 13.7 Å². The highest BCUT2D eigenvalue weighted by atomic mass is 32.1. The molecule has 4 rings (SSSR count). The van der Waals surface area contributed by atoms with Crippen LogP contribution in [0.1, 0.15) is 33.1 Å². The number of aromatic nitrogens is 1. The van der Waals surface area contributed by atoms with Gasteiger partial charge in [0, 0.05) is 23.9 Å². The standard InChI is InChI=1S/C26H23N3O5S/c1-33-24-12-21(23(29(31)32)13-25(24)34-15-20-16-35-17-28-20)26(30)27-14-22(18-8-4-2-5-9-18)19-10-6-3-7-11-19/h2-13,16-17,22H,14-15H2,1H3,(H,27,30). The highest BCUT2D eigenvalue weighted by Gasteiger charge is 2.26. The van der Waals surface area contributed by atoms with Gasteiger partial charge in [-0.3, -0.25) is 14.9 Å². The van der Waals surface area contributed by atoms with Gasteiger partial charge in [0.25, 0.3) is 11.6 Å². The number of nitro groups is 1. The van der Waals surface area contributed by atoms with Crippen molar-refractivity contribution in [3.8, 4) is 11.5 Å². The third kappa shape index (κ3) is 5.82. The molecule has 1 heterocycles. The van der Waals surface area contributed by atoms with Crippen molar-refractivity contribution in [2.45, 2.75) is 12.5 Å². The van der Waals surface area contributed by atoms with Gasteiger partial charge in [-0.15, -0.1) is 11.3 Å². The summed E-state index contributed by atoms with van der Waals surface area (Å²) < 4.78 is 11.1. The number of ether oxygens (including phenoxy) is 2. The van der Waals surface area contributed by atoms with Crippen molar-refractivity contribution >= 4 is 22.9 Å². The van der Waals surface area contributed by atoms with E-state index in [0.29, 0.717) is 5.69 Å². The van der Waals surface area contributed by atoms with Crippen molar-refractivity contribution in [1.29, 1.82) is 0 Å². The number of nitro benzene ring substituents is 1. The third-order valence-electron chi connectivity index (χ3n) is 5.45. The maximum Gasteiger partial charge on any atom is 0.286 e. The quantitative estimate of drug-likeness (QED) is 0.243. The number of methoxy groups -OCH3 is 1. The van der Waals surface area contributed by atoms with Gasteiger partial charge in [0.05, 0.1) is 29.3 Å². The van der Waals surface area contributed by atoms with Crippen molar-refractivity contribution in [3.63, 3.8) is 0 Å². The summed E-state index contributed by atoms with van der Waals surface area (Å²) in [4.78, 5) is 28.5. The van der Waals surface area contributed by atoms with Crippen LogP contribution in [0.25, 0.3) is 0 Å². The van der Waals surface area contributed by atoms with Crippen LogP contribution in [0.15, 0.2) is 83.7 Å². The van der Waals surface area contributed by atoms with Crippen LogP contribution >= 0.6 is 11.3 Å². The van der Waals surface area contributed by atoms with Crippen LogP contribution in [0.3, 0.4) is 0 Å². The maximum absolute atomic E-state index is 13.1. The first-order valence-electron chi connectivity index (χ1n) is 10.8. The van der Waals surface area contributed by atoms with Gasteiger partial charge in [0.2, 0.25) is 0 Å². The number of thiazole rings is 1. The molecule has 0 saturated heterocycles. The number of amides is 1. The molecule has 4 aromatic rings. The van der Waals surface area contributed by atoms with Gasteiger partial charge < -0.3 is 14.8 Å². The SMILES string of the molecule is COc1cc(C(=O)NCC(c2ccccc2)c2ccccc2)c([N+](=O)[O-])cc1OCc1cscn1. The number of rotatable bonds is 10. The van der Waals surface area contributed by atoms with Gasteiger partial charge in [0.1, 0.15) is 12.2 Å². The minimum atomic E-state index is -0.601. The van der Waals surface area contributed by atoms with E-state index in [1.54, 1.807) is 5.51 Å². The average Bonchev–Trinajstić information content (AvgIpc) is 3.42. The molecule has 0 aliphatic heterocycles. The zero-order valence-corrected chi connectivity index (χ0v) is 19.7. The molecule has 1 aromatic heterocycles. The van der Waals surface area contributed by atoms with Crippen LogP contribution in [0.2, 0.25) is 0 Å². The lowest BCUT2D eigenvalue weighted by Crippen LogP contribution is -2.29. The van der Waals surface area contributed by atoms with E-state index in [1.165, 1.54) is 30.6 Å². The first-order chi connectivity index (χ1) is 17.1. The van der Waals surface area contributed by atoms with Crippen LogP contribution in [0, 0.1) is 10.1 Å². The molecule has 178 valence electrons. The number of hydrogen-bond acceptors (Lipinski definition) is 7. The molecule has 0 saturated carbocycles. The number of benzene rings is 3. The van der Waals surface area contributed by atoms with E-state index >= 15 is 0 Å². The van der Waals surface area contributed by atoms with Crippen LogP contribution < -0.4 is 14.8 Å². The molecular weight excluding hydrogens is 466 g/mol. The molecule has 0 aliphatic carbocycles. The van der Waals surface area contributed by atoms with Gasteiger partial charge in [-0.2, -0.15) is 0 Å². The Morgan fingerprint density at radius 1 is 1.06 bits per heavy atom. The van der Waals surface area contributed by atoms with E-state index in [9.17, 15) is 14.9 Å². The topological polar surface area (TPSA) is 104 Å². The van der Waals surface area contributed by atoms with E-state index in [1.807, 2.05) is 66.0 Å². The van der Waals surface area contributed by atoms with E-state index in [2.05, 4.69) is 10.3 Å². The predicted octanol–water partition coefficient (Wildman–Crippen LogP) is 5.20. The molecule has 0 bridgehead atoms. The molecule has 3 aromatic carbocycles. The summed E-state index contributed by atoms with van der Waals surface area (Å²) in [6.07, 6.45) is 0. The second-order valence-electron chi connectivity index (χ2n) is 7.63. The normalized spacial score (nSPS) is 10.7. The monoisotopic (exact) mass is 489 g/mol. The average molecular weight is 490 g/mol. The van der Waals surface area contributed by atoms with Crippen molar-refractivity contribution in [2.24, 2.45) is 0 Å². The van der Waals surface area contributed by atoms with Gasteiger partial charge in [-0.05, 0) is 11.1 Å². The van der Waals surface area contributed by atoms with E-state index in [0.717, 1.165) is 11.1 Å². The number of hydrogen-bond donors (Lipinski definition) is 1. The Hall–Kier alpha value is -4.24.